The van der Waals surface area contributed by atoms with E-state index in [4.69, 9.17) is 0 Å². The molecule has 0 aromatic rings. The Hall–Kier alpha value is -0.570. The van der Waals surface area contributed by atoms with E-state index in [2.05, 4.69) is 24.5 Å². The van der Waals surface area contributed by atoms with E-state index in [1.165, 1.54) is 25.7 Å². The van der Waals surface area contributed by atoms with Crippen LogP contribution in [0.4, 0.5) is 0 Å². The smallest absolute Gasteiger partial charge is 0.227 e. The third-order valence-electron chi connectivity index (χ3n) is 5.37. The molecule has 3 heteroatoms. The monoisotopic (exact) mass is 280 g/mol. The van der Waals surface area contributed by atoms with Gasteiger partial charge in [-0.05, 0) is 50.5 Å². The molecule has 1 amide bonds. The molecule has 2 fully saturated rings. The predicted octanol–water partition coefficient (Wildman–Crippen LogP) is 3.10. The fraction of sp³-hybridized carbons (Fsp3) is 0.941. The highest BCUT2D eigenvalue weighted by atomic mass is 16.2. The number of hydrogen-bond acceptors (Lipinski definition) is 2. The van der Waals surface area contributed by atoms with Gasteiger partial charge in [-0.2, -0.15) is 0 Å². The van der Waals surface area contributed by atoms with Gasteiger partial charge in [0.1, 0.15) is 0 Å². The van der Waals surface area contributed by atoms with Gasteiger partial charge in [0.15, 0.2) is 0 Å². The Kier molecular flexibility index (Phi) is 5.88. The summed E-state index contributed by atoms with van der Waals surface area (Å²) in [6, 6.07) is 0. The molecule has 0 bridgehead atoms. The van der Waals surface area contributed by atoms with Crippen molar-refractivity contribution in [1.29, 1.82) is 0 Å². The van der Waals surface area contributed by atoms with Crippen molar-refractivity contribution in [3.63, 3.8) is 0 Å². The second-order valence-electron chi connectivity index (χ2n) is 7.15. The van der Waals surface area contributed by atoms with E-state index < -0.39 is 0 Å². The summed E-state index contributed by atoms with van der Waals surface area (Å²) in [6.07, 6.45) is 9.56. The molecule has 0 spiro atoms. The Balaban J connectivity index is 1.82. The molecule has 1 atom stereocenters. The van der Waals surface area contributed by atoms with E-state index in [1.54, 1.807) is 0 Å². The minimum absolute atomic E-state index is 0.130. The maximum Gasteiger partial charge on any atom is 0.227 e. The summed E-state index contributed by atoms with van der Waals surface area (Å²) in [7, 11) is 0. The van der Waals surface area contributed by atoms with Crippen molar-refractivity contribution in [2.45, 2.75) is 65.2 Å². The van der Waals surface area contributed by atoms with Crippen molar-refractivity contribution in [3.8, 4) is 0 Å². The fourth-order valence-electron chi connectivity index (χ4n) is 3.92. The van der Waals surface area contributed by atoms with Gasteiger partial charge in [-0.15, -0.1) is 0 Å². The van der Waals surface area contributed by atoms with E-state index in [0.717, 1.165) is 51.2 Å². The van der Waals surface area contributed by atoms with Crippen molar-refractivity contribution in [2.24, 2.45) is 17.3 Å². The Labute approximate surface area is 124 Å². The van der Waals surface area contributed by atoms with Crippen LogP contribution < -0.4 is 10.6 Å². The Bertz CT molecular complexity index is 297. The highest BCUT2D eigenvalue weighted by Crippen LogP contribution is 2.32. The summed E-state index contributed by atoms with van der Waals surface area (Å²) in [6.45, 7) is 7.37. The van der Waals surface area contributed by atoms with E-state index in [9.17, 15) is 4.79 Å². The van der Waals surface area contributed by atoms with Crippen molar-refractivity contribution in [2.75, 3.05) is 19.6 Å². The Morgan fingerprint density at radius 2 is 2.05 bits per heavy atom. The van der Waals surface area contributed by atoms with Gasteiger partial charge < -0.3 is 10.6 Å². The maximum atomic E-state index is 12.7. The average molecular weight is 280 g/mol. The van der Waals surface area contributed by atoms with Crippen LogP contribution in [-0.2, 0) is 4.79 Å². The summed E-state index contributed by atoms with van der Waals surface area (Å²) >= 11 is 0. The van der Waals surface area contributed by atoms with E-state index >= 15 is 0 Å². The first-order valence-electron chi connectivity index (χ1n) is 8.65. The Morgan fingerprint density at radius 1 is 1.30 bits per heavy atom. The van der Waals surface area contributed by atoms with Crippen LogP contribution in [0.1, 0.15) is 65.2 Å². The lowest BCUT2D eigenvalue weighted by atomic mass is 9.76. The van der Waals surface area contributed by atoms with Gasteiger partial charge >= 0.3 is 0 Å². The lowest BCUT2D eigenvalue weighted by Crippen LogP contribution is -2.51. The van der Waals surface area contributed by atoms with E-state index in [0.29, 0.717) is 11.8 Å². The number of piperidine rings is 1. The molecule has 1 aliphatic heterocycles. The highest BCUT2D eigenvalue weighted by Gasteiger charge is 2.38. The molecule has 0 aromatic heterocycles. The van der Waals surface area contributed by atoms with Crippen LogP contribution in [0.3, 0.4) is 0 Å². The molecule has 20 heavy (non-hydrogen) atoms. The first-order chi connectivity index (χ1) is 9.66. The normalized spacial score (nSPS) is 34.7. The first kappa shape index (κ1) is 15.8. The van der Waals surface area contributed by atoms with Crippen LogP contribution in [0.5, 0.6) is 0 Å². The molecule has 1 unspecified atom stereocenters. The number of nitrogens with one attached hydrogen (secondary N) is 2. The standard InChI is InChI=1S/C17H32N2O/c1-3-9-17(10-4-11-18-13-17)16(20)19-12-15-7-5-14(2)6-8-15/h14-15,18H,3-13H2,1-2H3,(H,19,20). The number of hydrogen-bond donors (Lipinski definition) is 2. The summed E-state index contributed by atoms with van der Waals surface area (Å²) in [5.41, 5.74) is -0.130. The molecule has 1 saturated heterocycles. The zero-order valence-corrected chi connectivity index (χ0v) is 13.3. The third-order valence-corrected chi connectivity index (χ3v) is 5.37. The van der Waals surface area contributed by atoms with Gasteiger partial charge in [0.05, 0.1) is 5.41 Å². The summed E-state index contributed by atoms with van der Waals surface area (Å²) in [5, 5.41) is 6.71. The van der Waals surface area contributed by atoms with E-state index in [1.807, 2.05) is 0 Å². The minimum Gasteiger partial charge on any atom is -0.355 e. The van der Waals surface area contributed by atoms with E-state index in [-0.39, 0.29) is 5.41 Å². The molecule has 0 radical (unpaired) electrons. The SMILES string of the molecule is CCCC1(C(=O)NCC2CCC(C)CC2)CCCNC1. The van der Waals surface area contributed by atoms with Crippen molar-refractivity contribution < 1.29 is 4.79 Å². The number of carbonyl (C=O) groups is 1. The molecule has 0 aromatic carbocycles. The van der Waals surface area contributed by atoms with Crippen LogP contribution in [0.15, 0.2) is 0 Å². The minimum atomic E-state index is -0.130. The van der Waals surface area contributed by atoms with Crippen LogP contribution >= 0.6 is 0 Å². The van der Waals surface area contributed by atoms with Gasteiger partial charge in [0, 0.05) is 13.1 Å². The third kappa shape index (κ3) is 3.97. The molecule has 1 heterocycles. The number of carbonyl (C=O) groups excluding carboxylic acids is 1. The molecular weight excluding hydrogens is 248 g/mol. The van der Waals surface area contributed by atoms with Gasteiger partial charge in [-0.3, -0.25) is 4.79 Å². The second-order valence-corrected chi connectivity index (χ2v) is 7.15. The van der Waals surface area contributed by atoms with Crippen LogP contribution in [0.2, 0.25) is 0 Å². The Morgan fingerprint density at radius 3 is 2.65 bits per heavy atom. The van der Waals surface area contributed by atoms with Gasteiger partial charge in [-0.25, -0.2) is 0 Å². The molecule has 2 N–H and O–H groups in total. The van der Waals surface area contributed by atoms with Crippen LogP contribution in [-0.4, -0.2) is 25.5 Å². The molecule has 116 valence electrons. The fourth-order valence-corrected chi connectivity index (χ4v) is 3.92. The molecule has 3 nitrogen and oxygen atoms in total. The largest absolute Gasteiger partial charge is 0.355 e. The topological polar surface area (TPSA) is 41.1 Å². The summed E-state index contributed by atoms with van der Waals surface area (Å²) in [5.74, 6) is 1.91. The van der Waals surface area contributed by atoms with Crippen molar-refractivity contribution in [3.05, 3.63) is 0 Å². The quantitative estimate of drug-likeness (QED) is 0.812. The van der Waals surface area contributed by atoms with Gasteiger partial charge in [0.2, 0.25) is 5.91 Å². The zero-order valence-electron chi connectivity index (χ0n) is 13.3. The predicted molar refractivity (Wildman–Crippen MR) is 83.6 cm³/mol. The average Bonchev–Trinajstić information content (AvgIpc) is 2.47. The first-order valence-corrected chi connectivity index (χ1v) is 8.65. The lowest BCUT2D eigenvalue weighted by Gasteiger charge is -2.37. The molecule has 1 aliphatic carbocycles. The van der Waals surface area contributed by atoms with Crippen LogP contribution in [0.25, 0.3) is 0 Å². The van der Waals surface area contributed by atoms with Gasteiger partial charge in [-0.1, -0.05) is 33.1 Å². The van der Waals surface area contributed by atoms with Crippen LogP contribution in [0, 0.1) is 17.3 Å². The number of amides is 1. The van der Waals surface area contributed by atoms with Crippen molar-refractivity contribution in [1.82, 2.24) is 10.6 Å². The lowest BCUT2D eigenvalue weighted by molar-refractivity contribution is -0.132. The molecule has 1 saturated carbocycles. The number of rotatable bonds is 5. The van der Waals surface area contributed by atoms with Gasteiger partial charge in [0.25, 0.3) is 0 Å². The molecule has 2 rings (SSSR count). The zero-order chi connectivity index (χ0) is 14.4. The maximum absolute atomic E-state index is 12.7. The second kappa shape index (κ2) is 7.44. The molecular formula is C17H32N2O. The van der Waals surface area contributed by atoms with Crippen molar-refractivity contribution >= 4 is 5.91 Å². The summed E-state index contributed by atoms with van der Waals surface area (Å²) < 4.78 is 0. The molecule has 2 aliphatic rings. The highest BCUT2D eigenvalue weighted by molar-refractivity contribution is 5.83. The summed E-state index contributed by atoms with van der Waals surface area (Å²) in [4.78, 5) is 12.7.